The number of alkyl halides is 1. The van der Waals surface area contributed by atoms with Crippen molar-refractivity contribution in [2.45, 2.75) is 6.54 Å². The number of hydrogen-bond acceptors (Lipinski definition) is 2. The van der Waals surface area contributed by atoms with Crippen molar-refractivity contribution < 1.29 is 4.39 Å². The molecule has 1 heterocycles. The summed E-state index contributed by atoms with van der Waals surface area (Å²) in [5, 5.41) is 0.590. The average Bonchev–Trinajstić information content (AvgIpc) is 2.37. The second kappa shape index (κ2) is 6.71. The Morgan fingerprint density at radius 1 is 1.11 bits per heavy atom. The minimum absolute atomic E-state index is 0.178. The Balaban J connectivity index is 1.89. The fraction of sp³-hybridized carbons (Fsp3) is 0.538. The van der Waals surface area contributed by atoms with E-state index in [-0.39, 0.29) is 5.82 Å². The molecule has 0 aliphatic carbocycles. The van der Waals surface area contributed by atoms with Crippen LogP contribution in [-0.2, 0) is 6.54 Å². The molecule has 18 heavy (non-hydrogen) atoms. The fourth-order valence-electron chi connectivity index (χ4n) is 2.20. The Bertz CT molecular complexity index is 393. The van der Waals surface area contributed by atoms with Gasteiger partial charge in [-0.1, -0.05) is 11.6 Å². The first kappa shape index (κ1) is 14.1. The normalized spacial score (nSPS) is 18.2. The molecule has 1 aliphatic rings. The Kier molecular flexibility index (Phi) is 5.25. The molecular formula is C13H17Cl2FN2. The van der Waals surface area contributed by atoms with Crippen LogP contribution in [0, 0.1) is 5.82 Å². The summed E-state index contributed by atoms with van der Waals surface area (Å²) >= 11 is 11.6. The molecule has 0 aromatic heterocycles. The standard InChI is InChI=1S/C13H17Cl2FN2/c14-3-4-17-5-7-18(8-6-17)10-11-9-12(15)1-2-13(11)16/h1-2,9H,3-8,10H2. The number of benzene rings is 1. The highest BCUT2D eigenvalue weighted by molar-refractivity contribution is 6.30. The van der Waals surface area contributed by atoms with Crippen molar-refractivity contribution >= 4 is 23.2 Å². The highest BCUT2D eigenvalue weighted by Crippen LogP contribution is 2.17. The van der Waals surface area contributed by atoms with Crippen LogP contribution in [0.4, 0.5) is 4.39 Å². The Hall–Kier alpha value is -0.350. The number of halogens is 3. The van der Waals surface area contributed by atoms with E-state index < -0.39 is 0 Å². The van der Waals surface area contributed by atoms with Crippen LogP contribution < -0.4 is 0 Å². The van der Waals surface area contributed by atoms with Crippen LogP contribution in [0.15, 0.2) is 18.2 Å². The van der Waals surface area contributed by atoms with Gasteiger partial charge in [0.1, 0.15) is 5.82 Å². The highest BCUT2D eigenvalue weighted by atomic mass is 35.5. The predicted octanol–water partition coefficient (Wildman–Crippen LogP) is 2.84. The summed E-state index contributed by atoms with van der Waals surface area (Å²) in [7, 11) is 0. The first-order valence-corrected chi connectivity index (χ1v) is 7.05. The molecule has 1 saturated heterocycles. The van der Waals surface area contributed by atoms with E-state index in [1.165, 1.54) is 6.07 Å². The van der Waals surface area contributed by atoms with E-state index in [4.69, 9.17) is 23.2 Å². The molecule has 0 atom stereocenters. The molecule has 0 saturated carbocycles. The maximum absolute atomic E-state index is 13.6. The van der Waals surface area contributed by atoms with E-state index in [2.05, 4.69) is 9.80 Å². The van der Waals surface area contributed by atoms with Crippen LogP contribution in [0.2, 0.25) is 5.02 Å². The van der Waals surface area contributed by atoms with Crippen molar-refractivity contribution in [1.29, 1.82) is 0 Å². The molecular weight excluding hydrogens is 274 g/mol. The van der Waals surface area contributed by atoms with Crippen molar-refractivity contribution in [2.75, 3.05) is 38.6 Å². The number of hydrogen-bond donors (Lipinski definition) is 0. The van der Waals surface area contributed by atoms with Gasteiger partial charge in [-0.25, -0.2) is 4.39 Å². The zero-order chi connectivity index (χ0) is 13.0. The van der Waals surface area contributed by atoms with E-state index in [1.807, 2.05) is 0 Å². The maximum Gasteiger partial charge on any atom is 0.127 e. The summed E-state index contributed by atoms with van der Waals surface area (Å²) in [6.45, 7) is 5.44. The quantitative estimate of drug-likeness (QED) is 0.787. The SMILES string of the molecule is Fc1ccc(Cl)cc1CN1CCN(CCCl)CC1. The van der Waals surface area contributed by atoms with Crippen molar-refractivity contribution in [1.82, 2.24) is 9.80 Å². The van der Waals surface area contributed by atoms with Gasteiger partial charge >= 0.3 is 0 Å². The van der Waals surface area contributed by atoms with Crippen LogP contribution in [0.25, 0.3) is 0 Å². The van der Waals surface area contributed by atoms with E-state index in [9.17, 15) is 4.39 Å². The van der Waals surface area contributed by atoms with Crippen LogP contribution in [0.1, 0.15) is 5.56 Å². The van der Waals surface area contributed by atoms with Gasteiger partial charge in [0.15, 0.2) is 0 Å². The lowest BCUT2D eigenvalue weighted by atomic mass is 10.2. The smallest absolute Gasteiger partial charge is 0.127 e. The molecule has 1 aliphatic heterocycles. The molecule has 0 N–H and O–H groups in total. The van der Waals surface area contributed by atoms with Crippen molar-refractivity contribution in [3.8, 4) is 0 Å². The predicted molar refractivity (Wildman–Crippen MR) is 73.8 cm³/mol. The van der Waals surface area contributed by atoms with Gasteiger partial charge in [-0.2, -0.15) is 0 Å². The first-order valence-electron chi connectivity index (χ1n) is 6.13. The minimum atomic E-state index is -0.178. The molecule has 0 spiro atoms. The first-order chi connectivity index (χ1) is 8.69. The third kappa shape index (κ3) is 3.82. The molecule has 0 radical (unpaired) electrons. The van der Waals surface area contributed by atoms with Gasteiger partial charge in [0.05, 0.1) is 0 Å². The van der Waals surface area contributed by atoms with Gasteiger partial charge in [0, 0.05) is 55.7 Å². The largest absolute Gasteiger partial charge is 0.300 e. The zero-order valence-corrected chi connectivity index (χ0v) is 11.7. The molecule has 100 valence electrons. The Labute approximate surface area is 117 Å². The Morgan fingerprint density at radius 2 is 1.78 bits per heavy atom. The highest BCUT2D eigenvalue weighted by Gasteiger charge is 2.17. The summed E-state index contributed by atoms with van der Waals surface area (Å²) < 4.78 is 13.6. The minimum Gasteiger partial charge on any atom is -0.300 e. The van der Waals surface area contributed by atoms with Gasteiger partial charge in [-0.15, -0.1) is 11.6 Å². The van der Waals surface area contributed by atoms with E-state index >= 15 is 0 Å². The molecule has 1 aromatic rings. The lowest BCUT2D eigenvalue weighted by Gasteiger charge is -2.34. The fourth-order valence-corrected chi connectivity index (χ4v) is 2.63. The Morgan fingerprint density at radius 3 is 2.44 bits per heavy atom. The summed E-state index contributed by atoms with van der Waals surface area (Å²) in [6.07, 6.45) is 0. The second-order valence-corrected chi connectivity index (χ2v) is 5.36. The van der Waals surface area contributed by atoms with Gasteiger partial charge in [0.25, 0.3) is 0 Å². The van der Waals surface area contributed by atoms with Gasteiger partial charge < -0.3 is 0 Å². The third-order valence-electron chi connectivity index (χ3n) is 3.27. The topological polar surface area (TPSA) is 6.48 Å². The lowest BCUT2D eigenvalue weighted by Crippen LogP contribution is -2.46. The molecule has 0 amide bonds. The maximum atomic E-state index is 13.6. The molecule has 5 heteroatoms. The number of nitrogens with zero attached hydrogens (tertiary/aromatic N) is 2. The number of rotatable bonds is 4. The van der Waals surface area contributed by atoms with Gasteiger partial charge in [-0.05, 0) is 18.2 Å². The van der Waals surface area contributed by atoms with E-state index in [0.29, 0.717) is 23.0 Å². The van der Waals surface area contributed by atoms with Crippen molar-refractivity contribution in [3.63, 3.8) is 0 Å². The molecule has 0 unspecified atom stereocenters. The lowest BCUT2D eigenvalue weighted by molar-refractivity contribution is 0.131. The van der Waals surface area contributed by atoms with E-state index in [1.54, 1.807) is 12.1 Å². The summed E-state index contributed by atoms with van der Waals surface area (Å²) in [5.74, 6) is 0.491. The molecule has 1 fully saturated rings. The third-order valence-corrected chi connectivity index (χ3v) is 3.67. The van der Waals surface area contributed by atoms with Gasteiger partial charge in [0.2, 0.25) is 0 Å². The molecule has 2 rings (SSSR count). The van der Waals surface area contributed by atoms with Crippen molar-refractivity contribution in [3.05, 3.63) is 34.6 Å². The van der Waals surface area contributed by atoms with Gasteiger partial charge in [-0.3, -0.25) is 9.80 Å². The summed E-state index contributed by atoms with van der Waals surface area (Å²) in [4.78, 5) is 4.58. The van der Waals surface area contributed by atoms with Crippen LogP contribution in [-0.4, -0.2) is 48.4 Å². The van der Waals surface area contributed by atoms with Crippen LogP contribution >= 0.6 is 23.2 Å². The number of piperazine rings is 1. The van der Waals surface area contributed by atoms with E-state index in [0.717, 1.165) is 32.7 Å². The second-order valence-electron chi connectivity index (χ2n) is 4.54. The molecule has 1 aromatic carbocycles. The van der Waals surface area contributed by atoms with Crippen molar-refractivity contribution in [2.24, 2.45) is 0 Å². The van der Waals surface area contributed by atoms with Crippen LogP contribution in [0.5, 0.6) is 0 Å². The summed E-state index contributed by atoms with van der Waals surface area (Å²) in [5.41, 5.74) is 0.674. The molecule has 0 bridgehead atoms. The molecule has 2 nitrogen and oxygen atoms in total. The average molecular weight is 291 g/mol. The monoisotopic (exact) mass is 290 g/mol. The summed E-state index contributed by atoms with van der Waals surface area (Å²) in [6, 6.07) is 4.72. The van der Waals surface area contributed by atoms with Crippen LogP contribution in [0.3, 0.4) is 0 Å². The zero-order valence-electron chi connectivity index (χ0n) is 10.2.